The monoisotopic (exact) mass is 303 g/mol. The summed E-state index contributed by atoms with van der Waals surface area (Å²) in [7, 11) is 2.99. The molecule has 1 heterocycles. The molecule has 0 radical (unpaired) electrons. The van der Waals surface area contributed by atoms with Crippen molar-refractivity contribution in [1.29, 1.82) is 0 Å². The van der Waals surface area contributed by atoms with E-state index in [0.29, 0.717) is 22.1 Å². The molecule has 0 saturated heterocycles. The Kier molecular flexibility index (Phi) is 4.95. The Labute approximate surface area is 128 Å². The van der Waals surface area contributed by atoms with Crippen molar-refractivity contribution in [3.05, 3.63) is 58.9 Å². The zero-order valence-electron chi connectivity index (χ0n) is 11.7. The van der Waals surface area contributed by atoms with Gasteiger partial charge in [0.05, 0.1) is 24.8 Å². The Morgan fingerprint density at radius 1 is 1.24 bits per heavy atom. The summed E-state index contributed by atoms with van der Waals surface area (Å²) in [5, 5.41) is 0.358. The van der Waals surface area contributed by atoms with Crippen molar-refractivity contribution in [1.82, 2.24) is 4.98 Å². The normalized spacial score (nSPS) is 10.6. The van der Waals surface area contributed by atoms with Crippen LogP contribution in [0.4, 0.5) is 0 Å². The summed E-state index contributed by atoms with van der Waals surface area (Å²) in [6.07, 6.45) is 6.48. The van der Waals surface area contributed by atoms with Gasteiger partial charge in [0, 0.05) is 18.5 Å². The van der Waals surface area contributed by atoms with Crippen molar-refractivity contribution in [3.8, 4) is 11.5 Å². The average molecular weight is 304 g/mol. The van der Waals surface area contributed by atoms with Gasteiger partial charge in [-0.05, 0) is 29.8 Å². The van der Waals surface area contributed by atoms with Crippen LogP contribution in [0, 0.1) is 0 Å². The highest BCUT2D eigenvalue weighted by Gasteiger charge is 2.14. The number of rotatable bonds is 5. The van der Waals surface area contributed by atoms with E-state index in [-0.39, 0.29) is 5.78 Å². The molecule has 0 fully saturated rings. The van der Waals surface area contributed by atoms with E-state index in [2.05, 4.69) is 4.98 Å². The highest BCUT2D eigenvalue weighted by molar-refractivity contribution is 6.32. The van der Waals surface area contributed by atoms with Crippen LogP contribution in [0.15, 0.2) is 42.7 Å². The van der Waals surface area contributed by atoms with Gasteiger partial charge in [0.25, 0.3) is 0 Å². The first-order valence-electron chi connectivity index (χ1n) is 6.19. The van der Waals surface area contributed by atoms with E-state index < -0.39 is 0 Å². The van der Waals surface area contributed by atoms with Gasteiger partial charge in [-0.25, -0.2) is 0 Å². The Morgan fingerprint density at radius 2 is 2.00 bits per heavy atom. The van der Waals surface area contributed by atoms with Crippen molar-refractivity contribution in [2.45, 2.75) is 0 Å². The van der Waals surface area contributed by atoms with Gasteiger partial charge in [-0.15, -0.1) is 0 Å². The number of aromatic nitrogens is 1. The van der Waals surface area contributed by atoms with Crippen LogP contribution in [0.3, 0.4) is 0 Å². The lowest BCUT2D eigenvalue weighted by Crippen LogP contribution is -2.00. The number of ketones is 1. The van der Waals surface area contributed by atoms with Gasteiger partial charge in [0.1, 0.15) is 11.5 Å². The number of pyridine rings is 1. The smallest absolute Gasteiger partial charge is 0.189 e. The Balaban J connectivity index is 2.31. The molecule has 0 spiro atoms. The van der Waals surface area contributed by atoms with Crippen molar-refractivity contribution in [2.75, 3.05) is 14.2 Å². The summed E-state index contributed by atoms with van der Waals surface area (Å²) in [6, 6.07) is 6.78. The topological polar surface area (TPSA) is 48.4 Å². The lowest BCUT2D eigenvalue weighted by Gasteiger charge is -2.10. The summed E-state index contributed by atoms with van der Waals surface area (Å²) >= 11 is 6.05. The Bertz CT molecular complexity index is 669. The van der Waals surface area contributed by atoms with Crippen LogP contribution in [-0.2, 0) is 0 Å². The molecule has 0 unspecified atom stereocenters. The molecule has 21 heavy (non-hydrogen) atoms. The van der Waals surface area contributed by atoms with Gasteiger partial charge in [-0.1, -0.05) is 17.7 Å². The van der Waals surface area contributed by atoms with E-state index in [4.69, 9.17) is 21.1 Å². The van der Waals surface area contributed by atoms with Crippen LogP contribution in [0.1, 0.15) is 15.9 Å². The summed E-state index contributed by atoms with van der Waals surface area (Å²) in [6.45, 7) is 0. The molecular weight excluding hydrogens is 290 g/mol. The molecule has 108 valence electrons. The van der Waals surface area contributed by atoms with Crippen LogP contribution >= 0.6 is 11.6 Å². The molecule has 0 aliphatic carbocycles. The molecule has 4 nitrogen and oxygen atoms in total. The zero-order valence-corrected chi connectivity index (χ0v) is 12.4. The van der Waals surface area contributed by atoms with Gasteiger partial charge in [0.2, 0.25) is 0 Å². The van der Waals surface area contributed by atoms with Gasteiger partial charge in [0.15, 0.2) is 5.78 Å². The highest BCUT2D eigenvalue weighted by atomic mass is 35.5. The number of methoxy groups -OCH3 is 2. The number of carbonyl (C=O) groups is 1. The Hall–Kier alpha value is -2.33. The molecule has 1 aromatic carbocycles. The van der Waals surface area contributed by atoms with Crippen LogP contribution in [0.5, 0.6) is 11.5 Å². The first-order valence-corrected chi connectivity index (χ1v) is 6.57. The van der Waals surface area contributed by atoms with Crippen LogP contribution < -0.4 is 9.47 Å². The standard InChI is InChI=1S/C16H14ClNO3/c1-20-15-9-16(21-2)13(17)8-12(15)14(19)6-5-11-4-3-7-18-10-11/h3-10H,1-2H3/b6-5+. The minimum Gasteiger partial charge on any atom is -0.496 e. The number of hydrogen-bond acceptors (Lipinski definition) is 4. The number of allylic oxidation sites excluding steroid dienone is 1. The predicted octanol–water partition coefficient (Wildman–Crippen LogP) is 3.65. The van der Waals surface area contributed by atoms with Crippen molar-refractivity contribution in [3.63, 3.8) is 0 Å². The molecule has 0 atom stereocenters. The third kappa shape index (κ3) is 3.61. The third-order valence-electron chi connectivity index (χ3n) is 2.85. The molecular formula is C16H14ClNO3. The summed E-state index contributed by atoms with van der Waals surface area (Å²) < 4.78 is 10.3. The minimum atomic E-state index is -0.208. The first kappa shape index (κ1) is 15.1. The molecule has 5 heteroatoms. The first-order chi connectivity index (χ1) is 10.2. The van der Waals surface area contributed by atoms with Crippen molar-refractivity contribution in [2.24, 2.45) is 0 Å². The second kappa shape index (κ2) is 6.90. The molecule has 0 saturated carbocycles. The molecule has 1 aromatic heterocycles. The number of hydrogen-bond donors (Lipinski definition) is 0. The molecule has 0 amide bonds. The minimum absolute atomic E-state index is 0.208. The second-order valence-corrected chi connectivity index (χ2v) is 4.58. The van der Waals surface area contributed by atoms with Crippen molar-refractivity contribution >= 4 is 23.5 Å². The predicted molar refractivity (Wildman–Crippen MR) is 82.2 cm³/mol. The second-order valence-electron chi connectivity index (χ2n) is 4.17. The number of ether oxygens (including phenoxy) is 2. The van der Waals surface area contributed by atoms with E-state index in [9.17, 15) is 4.79 Å². The lowest BCUT2D eigenvalue weighted by atomic mass is 10.1. The molecule has 0 bridgehead atoms. The third-order valence-corrected chi connectivity index (χ3v) is 3.15. The lowest BCUT2D eigenvalue weighted by molar-refractivity contribution is 0.104. The molecule has 0 N–H and O–H groups in total. The van der Waals surface area contributed by atoms with Gasteiger partial charge < -0.3 is 9.47 Å². The fourth-order valence-electron chi connectivity index (χ4n) is 1.79. The van der Waals surface area contributed by atoms with Gasteiger partial charge in [-0.3, -0.25) is 9.78 Å². The van der Waals surface area contributed by atoms with E-state index in [1.54, 1.807) is 30.6 Å². The quantitative estimate of drug-likeness (QED) is 0.625. The van der Waals surface area contributed by atoms with Gasteiger partial charge >= 0.3 is 0 Å². The highest BCUT2D eigenvalue weighted by Crippen LogP contribution is 2.32. The number of carbonyl (C=O) groups excluding carboxylic acids is 1. The van der Waals surface area contributed by atoms with E-state index in [1.807, 2.05) is 6.07 Å². The van der Waals surface area contributed by atoms with Crippen LogP contribution in [0.25, 0.3) is 6.08 Å². The van der Waals surface area contributed by atoms with E-state index >= 15 is 0 Å². The fraction of sp³-hybridized carbons (Fsp3) is 0.125. The molecule has 0 aliphatic rings. The maximum Gasteiger partial charge on any atom is 0.189 e. The average Bonchev–Trinajstić information content (AvgIpc) is 2.53. The van der Waals surface area contributed by atoms with Crippen LogP contribution in [0.2, 0.25) is 5.02 Å². The number of nitrogens with zero attached hydrogens (tertiary/aromatic N) is 1. The largest absolute Gasteiger partial charge is 0.496 e. The van der Waals surface area contributed by atoms with E-state index in [0.717, 1.165) is 5.56 Å². The molecule has 2 aromatic rings. The zero-order chi connectivity index (χ0) is 15.2. The van der Waals surface area contributed by atoms with Gasteiger partial charge in [-0.2, -0.15) is 0 Å². The van der Waals surface area contributed by atoms with Crippen LogP contribution in [-0.4, -0.2) is 25.0 Å². The maximum absolute atomic E-state index is 12.3. The molecule has 2 rings (SSSR count). The van der Waals surface area contributed by atoms with E-state index in [1.165, 1.54) is 26.4 Å². The number of halogens is 1. The summed E-state index contributed by atoms with van der Waals surface area (Å²) in [5.41, 5.74) is 1.22. The fourth-order valence-corrected chi connectivity index (χ4v) is 2.03. The number of benzene rings is 1. The van der Waals surface area contributed by atoms with Crippen molar-refractivity contribution < 1.29 is 14.3 Å². The molecule has 0 aliphatic heterocycles. The maximum atomic E-state index is 12.3. The summed E-state index contributed by atoms with van der Waals surface area (Å²) in [5.74, 6) is 0.665. The SMILES string of the molecule is COc1cc(OC)c(C(=O)/C=C/c2cccnc2)cc1Cl. The Morgan fingerprint density at radius 3 is 2.62 bits per heavy atom. The summed E-state index contributed by atoms with van der Waals surface area (Å²) in [4.78, 5) is 16.2.